The molecule has 4 nitrogen and oxygen atoms in total. The van der Waals surface area contributed by atoms with E-state index in [-0.39, 0.29) is 10.6 Å². The standard InChI is InChI=1S/C16H17ClN2O2/c1-10-7-15(16(19(20)21)8-11(10)2)18-9-13-4-5-14(17)6-12(13)3/h4-8,18H,9H2,1-3H3. The highest BCUT2D eigenvalue weighted by Crippen LogP contribution is 2.28. The molecule has 0 aliphatic heterocycles. The van der Waals surface area contributed by atoms with Gasteiger partial charge in [0.2, 0.25) is 0 Å². The second-order valence-corrected chi connectivity index (χ2v) is 5.57. The number of nitrogens with one attached hydrogen (secondary N) is 1. The quantitative estimate of drug-likeness (QED) is 0.653. The molecule has 0 unspecified atom stereocenters. The summed E-state index contributed by atoms with van der Waals surface area (Å²) < 4.78 is 0. The third-order valence-electron chi connectivity index (χ3n) is 3.58. The molecular formula is C16H17ClN2O2. The fourth-order valence-corrected chi connectivity index (χ4v) is 2.37. The van der Waals surface area contributed by atoms with Crippen molar-refractivity contribution in [3.8, 4) is 0 Å². The van der Waals surface area contributed by atoms with Crippen LogP contribution in [0.3, 0.4) is 0 Å². The van der Waals surface area contributed by atoms with Gasteiger partial charge in [-0.25, -0.2) is 0 Å². The zero-order valence-corrected chi connectivity index (χ0v) is 13.0. The van der Waals surface area contributed by atoms with Crippen molar-refractivity contribution in [3.63, 3.8) is 0 Å². The van der Waals surface area contributed by atoms with Crippen LogP contribution in [0, 0.1) is 30.9 Å². The largest absolute Gasteiger partial charge is 0.375 e. The predicted octanol–water partition coefficient (Wildman–Crippen LogP) is 4.79. The van der Waals surface area contributed by atoms with Crippen LogP contribution < -0.4 is 5.32 Å². The van der Waals surface area contributed by atoms with Gasteiger partial charge in [-0.2, -0.15) is 0 Å². The third kappa shape index (κ3) is 3.52. The molecule has 0 fully saturated rings. The molecule has 0 amide bonds. The summed E-state index contributed by atoms with van der Waals surface area (Å²) in [7, 11) is 0. The van der Waals surface area contributed by atoms with Gasteiger partial charge in [-0.3, -0.25) is 10.1 Å². The highest BCUT2D eigenvalue weighted by molar-refractivity contribution is 6.30. The predicted molar refractivity (Wildman–Crippen MR) is 86.1 cm³/mol. The molecule has 0 spiro atoms. The molecule has 2 aromatic carbocycles. The van der Waals surface area contributed by atoms with Gasteiger partial charge >= 0.3 is 0 Å². The van der Waals surface area contributed by atoms with E-state index < -0.39 is 0 Å². The molecule has 0 aliphatic carbocycles. The Labute approximate surface area is 128 Å². The zero-order valence-electron chi connectivity index (χ0n) is 12.2. The van der Waals surface area contributed by atoms with E-state index >= 15 is 0 Å². The molecule has 5 heteroatoms. The summed E-state index contributed by atoms with van der Waals surface area (Å²) in [4.78, 5) is 10.8. The smallest absolute Gasteiger partial charge is 0.292 e. The highest BCUT2D eigenvalue weighted by Gasteiger charge is 2.15. The number of hydrogen-bond acceptors (Lipinski definition) is 3. The van der Waals surface area contributed by atoms with E-state index in [1.807, 2.05) is 45.0 Å². The minimum atomic E-state index is -0.358. The van der Waals surface area contributed by atoms with Crippen molar-refractivity contribution >= 4 is 23.0 Å². The first-order valence-electron chi connectivity index (χ1n) is 6.63. The van der Waals surface area contributed by atoms with Crippen LogP contribution in [0.25, 0.3) is 0 Å². The molecule has 0 bridgehead atoms. The van der Waals surface area contributed by atoms with E-state index in [9.17, 15) is 10.1 Å². The maximum absolute atomic E-state index is 11.2. The van der Waals surface area contributed by atoms with Crippen LogP contribution in [0.1, 0.15) is 22.3 Å². The molecule has 0 aromatic heterocycles. The summed E-state index contributed by atoms with van der Waals surface area (Å²) in [5, 5.41) is 15.0. The van der Waals surface area contributed by atoms with E-state index in [0.717, 1.165) is 22.3 Å². The van der Waals surface area contributed by atoms with Crippen LogP contribution in [-0.2, 0) is 6.54 Å². The fourth-order valence-electron chi connectivity index (χ4n) is 2.14. The number of nitro benzene ring substituents is 1. The SMILES string of the molecule is Cc1cc(NCc2ccc(Cl)cc2C)c([N+](=O)[O-])cc1C. The van der Waals surface area contributed by atoms with E-state index in [1.165, 1.54) is 0 Å². The van der Waals surface area contributed by atoms with E-state index in [2.05, 4.69) is 5.32 Å². The summed E-state index contributed by atoms with van der Waals surface area (Å²) >= 11 is 5.93. The fraction of sp³-hybridized carbons (Fsp3) is 0.250. The second-order valence-electron chi connectivity index (χ2n) is 5.14. The van der Waals surface area contributed by atoms with E-state index in [4.69, 9.17) is 11.6 Å². The van der Waals surface area contributed by atoms with Gasteiger partial charge in [0, 0.05) is 17.6 Å². The van der Waals surface area contributed by atoms with Gasteiger partial charge < -0.3 is 5.32 Å². The van der Waals surface area contributed by atoms with E-state index in [1.54, 1.807) is 6.07 Å². The van der Waals surface area contributed by atoms with Gasteiger partial charge in [-0.05, 0) is 61.2 Å². The Morgan fingerprint density at radius 1 is 1.10 bits per heavy atom. The normalized spacial score (nSPS) is 10.5. The number of aryl methyl sites for hydroxylation is 3. The zero-order chi connectivity index (χ0) is 15.6. The Bertz CT molecular complexity index is 699. The maximum Gasteiger partial charge on any atom is 0.292 e. The molecule has 21 heavy (non-hydrogen) atoms. The lowest BCUT2D eigenvalue weighted by Crippen LogP contribution is -2.05. The molecule has 2 aromatic rings. The van der Waals surface area contributed by atoms with Gasteiger partial charge in [-0.15, -0.1) is 0 Å². The molecule has 2 rings (SSSR count). The van der Waals surface area contributed by atoms with Crippen LogP contribution in [0.15, 0.2) is 30.3 Å². The first-order chi connectivity index (χ1) is 9.88. The van der Waals surface area contributed by atoms with Crippen molar-refractivity contribution in [1.82, 2.24) is 0 Å². The van der Waals surface area contributed by atoms with Crippen molar-refractivity contribution < 1.29 is 4.92 Å². The summed E-state index contributed by atoms with van der Waals surface area (Å²) in [5.74, 6) is 0. The summed E-state index contributed by atoms with van der Waals surface area (Å²) in [6.45, 7) is 6.30. The van der Waals surface area contributed by atoms with Gasteiger partial charge in [0.05, 0.1) is 4.92 Å². The number of nitro groups is 1. The van der Waals surface area contributed by atoms with Gasteiger partial charge in [0.25, 0.3) is 5.69 Å². The molecule has 0 radical (unpaired) electrons. The van der Waals surface area contributed by atoms with Gasteiger partial charge in [-0.1, -0.05) is 17.7 Å². The third-order valence-corrected chi connectivity index (χ3v) is 3.82. The molecule has 0 atom stereocenters. The van der Waals surface area contributed by atoms with Crippen molar-refractivity contribution in [3.05, 3.63) is 67.7 Å². The second kappa shape index (κ2) is 6.14. The van der Waals surface area contributed by atoms with Crippen LogP contribution in [-0.4, -0.2) is 4.92 Å². The number of hydrogen-bond donors (Lipinski definition) is 1. The lowest BCUT2D eigenvalue weighted by Gasteiger charge is -2.11. The van der Waals surface area contributed by atoms with Crippen molar-refractivity contribution in [2.45, 2.75) is 27.3 Å². The number of rotatable bonds is 4. The monoisotopic (exact) mass is 304 g/mol. The lowest BCUT2D eigenvalue weighted by atomic mass is 10.1. The maximum atomic E-state index is 11.2. The number of halogens is 1. The Morgan fingerprint density at radius 3 is 2.38 bits per heavy atom. The van der Waals surface area contributed by atoms with Crippen LogP contribution in [0.2, 0.25) is 5.02 Å². The van der Waals surface area contributed by atoms with Crippen LogP contribution in [0.5, 0.6) is 0 Å². The minimum absolute atomic E-state index is 0.102. The average Bonchev–Trinajstić information content (AvgIpc) is 2.41. The number of anilines is 1. The average molecular weight is 305 g/mol. The Morgan fingerprint density at radius 2 is 1.76 bits per heavy atom. The molecule has 0 saturated heterocycles. The van der Waals surface area contributed by atoms with Gasteiger partial charge in [0.15, 0.2) is 0 Å². The molecule has 1 N–H and O–H groups in total. The first kappa shape index (κ1) is 15.3. The van der Waals surface area contributed by atoms with Crippen molar-refractivity contribution in [2.24, 2.45) is 0 Å². The first-order valence-corrected chi connectivity index (χ1v) is 7.01. The number of nitrogens with zero attached hydrogens (tertiary/aromatic N) is 1. The Hall–Kier alpha value is -2.07. The summed E-state index contributed by atoms with van der Waals surface area (Å²) in [6, 6.07) is 9.05. The molecule has 0 aliphatic rings. The molecule has 0 heterocycles. The highest BCUT2D eigenvalue weighted by atomic mass is 35.5. The summed E-state index contributed by atoms with van der Waals surface area (Å²) in [5.41, 5.74) is 4.70. The topological polar surface area (TPSA) is 55.2 Å². The molecule has 110 valence electrons. The summed E-state index contributed by atoms with van der Waals surface area (Å²) in [6.07, 6.45) is 0. The Kier molecular flexibility index (Phi) is 4.48. The van der Waals surface area contributed by atoms with Crippen molar-refractivity contribution in [1.29, 1.82) is 0 Å². The van der Waals surface area contributed by atoms with Crippen LogP contribution >= 0.6 is 11.6 Å². The molecular weight excluding hydrogens is 288 g/mol. The van der Waals surface area contributed by atoms with E-state index in [0.29, 0.717) is 17.3 Å². The van der Waals surface area contributed by atoms with Crippen LogP contribution in [0.4, 0.5) is 11.4 Å². The van der Waals surface area contributed by atoms with Crippen molar-refractivity contribution in [2.75, 3.05) is 5.32 Å². The number of benzene rings is 2. The minimum Gasteiger partial charge on any atom is -0.375 e. The lowest BCUT2D eigenvalue weighted by molar-refractivity contribution is -0.384. The van der Waals surface area contributed by atoms with Gasteiger partial charge in [0.1, 0.15) is 5.69 Å². The Balaban J connectivity index is 2.27. The molecule has 0 saturated carbocycles.